The van der Waals surface area contributed by atoms with Crippen molar-refractivity contribution in [2.24, 2.45) is 23.2 Å². The van der Waals surface area contributed by atoms with Crippen LogP contribution in [0.2, 0.25) is 0 Å². The minimum Gasteiger partial charge on any atom is -0.481 e. The van der Waals surface area contributed by atoms with Gasteiger partial charge in [0.25, 0.3) is 0 Å². The van der Waals surface area contributed by atoms with Crippen LogP contribution < -0.4 is 0 Å². The molecule has 0 fully saturated rings. The molecule has 0 amide bonds. The second-order valence-corrected chi connectivity index (χ2v) is 6.05. The summed E-state index contributed by atoms with van der Waals surface area (Å²) in [4.78, 5) is 44.9. The standard InChI is InChI=1S/C15H24O8/c1-4-15(3,9(13(20)21)5-6-11(16)17)10(14(22)23)7-8(2)12(18)19/h8-10H,4-7H2,1-3H3,(H,16,17)(H,18,19)(H,20,21)(H,22,23). The lowest BCUT2D eigenvalue weighted by atomic mass is 9.62. The van der Waals surface area contributed by atoms with Crippen LogP contribution in [0.25, 0.3) is 0 Å². The van der Waals surface area contributed by atoms with Crippen LogP contribution in [0.3, 0.4) is 0 Å². The Morgan fingerprint density at radius 3 is 1.70 bits per heavy atom. The smallest absolute Gasteiger partial charge is 0.307 e. The van der Waals surface area contributed by atoms with Crippen molar-refractivity contribution in [2.75, 3.05) is 0 Å². The molecule has 0 spiro atoms. The first kappa shape index (κ1) is 20.9. The van der Waals surface area contributed by atoms with Gasteiger partial charge < -0.3 is 20.4 Å². The van der Waals surface area contributed by atoms with Gasteiger partial charge in [0, 0.05) is 6.42 Å². The van der Waals surface area contributed by atoms with Crippen LogP contribution in [-0.4, -0.2) is 44.3 Å². The highest BCUT2D eigenvalue weighted by Gasteiger charge is 2.47. The van der Waals surface area contributed by atoms with Gasteiger partial charge in [-0.1, -0.05) is 20.8 Å². The van der Waals surface area contributed by atoms with Crippen LogP contribution in [0.1, 0.15) is 46.5 Å². The summed E-state index contributed by atoms with van der Waals surface area (Å²) in [5.41, 5.74) is -1.25. The van der Waals surface area contributed by atoms with Crippen molar-refractivity contribution >= 4 is 23.9 Å². The largest absolute Gasteiger partial charge is 0.481 e. The molecule has 0 aliphatic heterocycles. The van der Waals surface area contributed by atoms with E-state index in [0.29, 0.717) is 0 Å². The fraction of sp³-hybridized carbons (Fsp3) is 0.733. The summed E-state index contributed by atoms with van der Waals surface area (Å²) < 4.78 is 0. The quantitative estimate of drug-likeness (QED) is 0.447. The fourth-order valence-corrected chi connectivity index (χ4v) is 2.85. The molecule has 4 N–H and O–H groups in total. The third kappa shape index (κ3) is 5.54. The molecule has 0 aromatic carbocycles. The molecular formula is C15H24O8. The summed E-state index contributed by atoms with van der Waals surface area (Å²) in [5, 5.41) is 36.7. The lowest BCUT2D eigenvalue weighted by Crippen LogP contribution is -2.44. The van der Waals surface area contributed by atoms with Crippen LogP contribution in [0.4, 0.5) is 0 Å². The van der Waals surface area contributed by atoms with Gasteiger partial charge in [-0.25, -0.2) is 0 Å². The number of aliphatic carboxylic acids is 4. The molecular weight excluding hydrogens is 308 g/mol. The summed E-state index contributed by atoms with van der Waals surface area (Å²) in [6.07, 6.45) is -0.646. The predicted molar refractivity (Wildman–Crippen MR) is 78.9 cm³/mol. The molecule has 0 aliphatic rings. The number of hydrogen-bond acceptors (Lipinski definition) is 4. The third-order valence-electron chi connectivity index (χ3n) is 4.61. The molecule has 23 heavy (non-hydrogen) atoms. The average molecular weight is 332 g/mol. The monoisotopic (exact) mass is 332 g/mol. The maximum Gasteiger partial charge on any atom is 0.307 e. The van der Waals surface area contributed by atoms with E-state index in [4.69, 9.17) is 10.2 Å². The van der Waals surface area contributed by atoms with E-state index in [1.54, 1.807) is 6.92 Å². The topological polar surface area (TPSA) is 149 Å². The highest BCUT2D eigenvalue weighted by Crippen LogP contribution is 2.44. The molecule has 132 valence electrons. The van der Waals surface area contributed by atoms with Gasteiger partial charge in [-0.3, -0.25) is 19.2 Å². The van der Waals surface area contributed by atoms with E-state index in [2.05, 4.69) is 0 Å². The Kier molecular flexibility index (Phi) is 7.71. The second kappa shape index (κ2) is 8.50. The van der Waals surface area contributed by atoms with Crippen molar-refractivity contribution in [1.29, 1.82) is 0 Å². The number of carboxylic acids is 4. The molecule has 0 aromatic heterocycles. The van der Waals surface area contributed by atoms with Crippen molar-refractivity contribution in [2.45, 2.75) is 46.5 Å². The lowest BCUT2D eigenvalue weighted by molar-refractivity contribution is -0.158. The van der Waals surface area contributed by atoms with Crippen LogP contribution in [-0.2, 0) is 19.2 Å². The zero-order valence-corrected chi connectivity index (χ0v) is 13.5. The number of carbonyl (C=O) groups is 4. The van der Waals surface area contributed by atoms with Gasteiger partial charge in [-0.2, -0.15) is 0 Å². The van der Waals surface area contributed by atoms with Gasteiger partial charge in [0.05, 0.1) is 17.8 Å². The lowest BCUT2D eigenvalue weighted by Gasteiger charge is -2.40. The van der Waals surface area contributed by atoms with Gasteiger partial charge in [-0.05, 0) is 24.7 Å². The van der Waals surface area contributed by atoms with Crippen LogP contribution in [0.15, 0.2) is 0 Å². The molecule has 8 heteroatoms. The first-order chi connectivity index (χ1) is 10.5. The predicted octanol–water partition coefficient (Wildman–Crippen LogP) is 1.78. The molecule has 8 nitrogen and oxygen atoms in total. The highest BCUT2D eigenvalue weighted by atomic mass is 16.4. The number of carboxylic acid groups (broad SMARTS) is 4. The van der Waals surface area contributed by atoms with E-state index in [1.807, 2.05) is 0 Å². The first-order valence-corrected chi connectivity index (χ1v) is 7.37. The van der Waals surface area contributed by atoms with Gasteiger partial charge in [0.2, 0.25) is 0 Å². The van der Waals surface area contributed by atoms with E-state index >= 15 is 0 Å². The summed E-state index contributed by atoms with van der Waals surface area (Å²) in [7, 11) is 0. The van der Waals surface area contributed by atoms with Crippen LogP contribution in [0.5, 0.6) is 0 Å². The zero-order valence-electron chi connectivity index (χ0n) is 13.5. The molecule has 0 aromatic rings. The van der Waals surface area contributed by atoms with Gasteiger partial charge in [-0.15, -0.1) is 0 Å². The maximum atomic E-state index is 11.6. The van der Waals surface area contributed by atoms with Crippen molar-refractivity contribution in [1.82, 2.24) is 0 Å². The molecule has 0 radical (unpaired) electrons. The molecule has 0 bridgehead atoms. The second-order valence-electron chi connectivity index (χ2n) is 6.05. The maximum absolute atomic E-state index is 11.6. The van der Waals surface area contributed by atoms with Crippen molar-refractivity contribution < 1.29 is 39.6 Å². The van der Waals surface area contributed by atoms with Crippen LogP contribution in [0, 0.1) is 23.2 Å². The Hall–Kier alpha value is -2.12. The van der Waals surface area contributed by atoms with E-state index in [1.165, 1.54) is 13.8 Å². The van der Waals surface area contributed by atoms with Crippen molar-refractivity contribution in [3.05, 3.63) is 0 Å². The van der Waals surface area contributed by atoms with Gasteiger partial charge in [0.15, 0.2) is 0 Å². The summed E-state index contributed by atoms with van der Waals surface area (Å²) in [6.45, 7) is 4.46. The van der Waals surface area contributed by atoms with Crippen molar-refractivity contribution in [3.8, 4) is 0 Å². The minimum absolute atomic E-state index is 0.174. The molecule has 0 saturated heterocycles. The SMILES string of the molecule is CCC(C)(C(CCC(=O)O)C(=O)O)C(CC(C)C(=O)O)C(=O)O. The molecule has 0 aliphatic carbocycles. The Labute approximate surface area is 134 Å². The third-order valence-corrected chi connectivity index (χ3v) is 4.61. The Balaban J connectivity index is 5.67. The van der Waals surface area contributed by atoms with Gasteiger partial charge in [0.1, 0.15) is 0 Å². The minimum atomic E-state index is -1.27. The van der Waals surface area contributed by atoms with Gasteiger partial charge >= 0.3 is 23.9 Å². The molecule has 0 saturated carbocycles. The van der Waals surface area contributed by atoms with E-state index < -0.39 is 53.5 Å². The normalized spacial score (nSPS) is 17.5. The van der Waals surface area contributed by atoms with E-state index in [-0.39, 0.29) is 19.3 Å². The fourth-order valence-electron chi connectivity index (χ4n) is 2.85. The van der Waals surface area contributed by atoms with E-state index in [0.717, 1.165) is 0 Å². The molecule has 4 atom stereocenters. The molecule has 4 unspecified atom stereocenters. The zero-order chi connectivity index (χ0) is 18.4. The summed E-state index contributed by atoms with van der Waals surface area (Å²) in [6, 6.07) is 0. The van der Waals surface area contributed by atoms with E-state index in [9.17, 15) is 29.4 Å². The molecule has 0 heterocycles. The van der Waals surface area contributed by atoms with Crippen molar-refractivity contribution in [3.63, 3.8) is 0 Å². The number of hydrogen-bond donors (Lipinski definition) is 4. The Morgan fingerprint density at radius 2 is 1.39 bits per heavy atom. The average Bonchev–Trinajstić information content (AvgIpc) is 2.42. The first-order valence-electron chi connectivity index (χ1n) is 7.37. The Bertz CT molecular complexity index is 472. The highest BCUT2D eigenvalue weighted by molar-refractivity contribution is 5.77. The molecule has 0 rings (SSSR count). The number of rotatable bonds is 11. The summed E-state index contributed by atoms with van der Waals surface area (Å²) >= 11 is 0. The summed E-state index contributed by atoms with van der Waals surface area (Å²) in [5.74, 6) is -8.21. The van der Waals surface area contributed by atoms with Crippen LogP contribution >= 0.6 is 0 Å². The Morgan fingerprint density at radius 1 is 0.913 bits per heavy atom.